The van der Waals surface area contributed by atoms with E-state index in [1.165, 1.54) is 13.2 Å². The fourth-order valence-corrected chi connectivity index (χ4v) is 4.53. The SMILES string of the molecule is COc1cc(NC(=O)C2CCc3ccc(Oc4ccnc(C5=NCCN5)c4)cc3C2)cc(C(F)(F)F)c1. The number of aryl methyl sites for hydroxylation is 1. The van der Waals surface area contributed by atoms with Gasteiger partial charge in [-0.15, -0.1) is 0 Å². The van der Waals surface area contributed by atoms with Gasteiger partial charge in [0.15, 0.2) is 0 Å². The van der Waals surface area contributed by atoms with E-state index >= 15 is 0 Å². The highest BCUT2D eigenvalue weighted by atomic mass is 19.4. The second kappa shape index (κ2) is 10.1. The number of ether oxygens (including phenoxy) is 2. The fourth-order valence-electron chi connectivity index (χ4n) is 4.53. The Morgan fingerprint density at radius 3 is 2.65 bits per heavy atom. The van der Waals surface area contributed by atoms with Crippen LogP contribution in [0.2, 0.25) is 0 Å². The maximum atomic E-state index is 13.2. The zero-order valence-corrected chi connectivity index (χ0v) is 20.1. The van der Waals surface area contributed by atoms with E-state index in [4.69, 9.17) is 9.47 Å². The summed E-state index contributed by atoms with van der Waals surface area (Å²) in [6.07, 6.45) is -1.15. The van der Waals surface area contributed by atoms with Gasteiger partial charge in [-0.2, -0.15) is 13.2 Å². The summed E-state index contributed by atoms with van der Waals surface area (Å²) in [6.45, 7) is 1.49. The number of alkyl halides is 3. The van der Waals surface area contributed by atoms with Crippen LogP contribution in [0.15, 0.2) is 59.7 Å². The van der Waals surface area contributed by atoms with Crippen LogP contribution in [0.3, 0.4) is 0 Å². The molecule has 2 aromatic carbocycles. The molecule has 3 aromatic rings. The zero-order chi connectivity index (χ0) is 26.0. The van der Waals surface area contributed by atoms with Crippen LogP contribution in [0.1, 0.15) is 28.8 Å². The van der Waals surface area contributed by atoms with Crippen molar-refractivity contribution in [3.8, 4) is 17.2 Å². The Kier molecular flexibility index (Phi) is 6.73. The zero-order valence-electron chi connectivity index (χ0n) is 20.1. The maximum absolute atomic E-state index is 13.2. The standard InChI is InChI=1S/C27H25F3N4O3/c1-36-23-13-19(27(28,29)30)12-20(14-23)34-26(35)17-3-2-16-4-5-21(11-18(16)10-17)37-22-6-7-31-24(15-22)25-32-8-9-33-25/h4-7,11-15,17H,2-3,8-10H2,1H3,(H,32,33)(H,34,35). The Hall–Kier alpha value is -4.08. The first kappa shape index (κ1) is 24.6. The smallest absolute Gasteiger partial charge is 0.416 e. The van der Waals surface area contributed by atoms with E-state index in [1.807, 2.05) is 24.3 Å². The number of nitrogens with one attached hydrogen (secondary N) is 2. The summed E-state index contributed by atoms with van der Waals surface area (Å²) in [5, 5.41) is 5.83. The number of aromatic nitrogens is 1. The van der Waals surface area contributed by atoms with Gasteiger partial charge in [0.05, 0.1) is 19.2 Å². The molecule has 1 unspecified atom stereocenters. The normalized spacial score (nSPS) is 16.9. The van der Waals surface area contributed by atoms with E-state index in [-0.39, 0.29) is 23.3 Å². The van der Waals surface area contributed by atoms with Crippen molar-refractivity contribution in [3.63, 3.8) is 0 Å². The van der Waals surface area contributed by atoms with Crippen molar-refractivity contribution in [2.75, 3.05) is 25.5 Å². The molecule has 192 valence electrons. The number of amides is 1. The van der Waals surface area contributed by atoms with Crippen LogP contribution in [0.5, 0.6) is 17.2 Å². The number of anilines is 1. The lowest BCUT2D eigenvalue weighted by Gasteiger charge is -2.24. The molecule has 0 spiro atoms. The molecule has 0 saturated heterocycles. The van der Waals surface area contributed by atoms with Gasteiger partial charge >= 0.3 is 6.18 Å². The number of aliphatic imine (C=N–C) groups is 1. The topological polar surface area (TPSA) is 84.8 Å². The van der Waals surface area contributed by atoms with Crippen LogP contribution in [0.25, 0.3) is 0 Å². The molecule has 1 aromatic heterocycles. The van der Waals surface area contributed by atoms with Crippen molar-refractivity contribution in [1.29, 1.82) is 0 Å². The number of hydrogen-bond acceptors (Lipinski definition) is 6. The monoisotopic (exact) mass is 510 g/mol. The molecule has 10 heteroatoms. The highest BCUT2D eigenvalue weighted by molar-refractivity contribution is 5.98. The van der Waals surface area contributed by atoms with Crippen molar-refractivity contribution in [2.45, 2.75) is 25.4 Å². The van der Waals surface area contributed by atoms with Gasteiger partial charge in [0, 0.05) is 36.5 Å². The van der Waals surface area contributed by atoms with Gasteiger partial charge in [0.1, 0.15) is 28.8 Å². The molecule has 7 nitrogen and oxygen atoms in total. The van der Waals surface area contributed by atoms with Crippen molar-refractivity contribution < 1.29 is 27.4 Å². The van der Waals surface area contributed by atoms with Crippen LogP contribution in [-0.2, 0) is 23.8 Å². The molecular weight excluding hydrogens is 485 g/mol. The number of nitrogens with zero attached hydrogens (tertiary/aromatic N) is 2. The van der Waals surface area contributed by atoms with E-state index in [0.717, 1.165) is 35.6 Å². The number of halogens is 3. The Balaban J connectivity index is 1.29. The Morgan fingerprint density at radius 2 is 1.89 bits per heavy atom. The van der Waals surface area contributed by atoms with Crippen LogP contribution in [-0.4, -0.2) is 36.9 Å². The third-order valence-corrected chi connectivity index (χ3v) is 6.40. The second-order valence-corrected chi connectivity index (χ2v) is 8.94. The van der Waals surface area contributed by atoms with Crippen molar-refractivity contribution >= 4 is 17.4 Å². The first-order chi connectivity index (χ1) is 17.8. The van der Waals surface area contributed by atoms with Crippen LogP contribution in [0.4, 0.5) is 18.9 Å². The summed E-state index contributed by atoms with van der Waals surface area (Å²) in [6, 6.07) is 12.6. The highest BCUT2D eigenvalue weighted by Gasteiger charge is 2.32. The largest absolute Gasteiger partial charge is 0.497 e. The van der Waals surface area contributed by atoms with Gasteiger partial charge in [-0.3, -0.25) is 14.8 Å². The number of methoxy groups -OCH3 is 1. The molecule has 2 N–H and O–H groups in total. The minimum absolute atomic E-state index is 0.0240. The number of carbonyl (C=O) groups is 1. The number of fused-ring (bicyclic) bond motifs is 1. The van der Waals surface area contributed by atoms with E-state index in [2.05, 4.69) is 20.6 Å². The van der Waals surface area contributed by atoms with Crippen molar-refractivity contribution in [1.82, 2.24) is 10.3 Å². The molecule has 0 bridgehead atoms. The lowest BCUT2D eigenvalue weighted by atomic mass is 9.83. The number of benzene rings is 2. The van der Waals surface area contributed by atoms with E-state index < -0.39 is 11.7 Å². The van der Waals surface area contributed by atoms with Crippen LogP contribution < -0.4 is 20.1 Å². The molecule has 5 rings (SSSR count). The third-order valence-electron chi connectivity index (χ3n) is 6.40. The quantitative estimate of drug-likeness (QED) is 0.488. The Morgan fingerprint density at radius 1 is 1.05 bits per heavy atom. The molecular formula is C27H25F3N4O3. The lowest BCUT2D eigenvalue weighted by Crippen LogP contribution is -2.28. The van der Waals surface area contributed by atoms with E-state index in [0.29, 0.717) is 43.0 Å². The molecule has 0 fully saturated rings. The van der Waals surface area contributed by atoms with Crippen molar-refractivity contribution in [2.24, 2.45) is 10.9 Å². The Bertz CT molecular complexity index is 1360. The van der Waals surface area contributed by atoms with Gasteiger partial charge in [-0.05, 0) is 60.7 Å². The molecule has 0 radical (unpaired) electrons. The Labute approximate surface area is 211 Å². The minimum Gasteiger partial charge on any atom is -0.497 e. The van der Waals surface area contributed by atoms with Gasteiger partial charge in [0.25, 0.3) is 0 Å². The van der Waals surface area contributed by atoms with Gasteiger partial charge in [-0.1, -0.05) is 6.07 Å². The number of amidine groups is 1. The first-order valence-corrected chi connectivity index (χ1v) is 11.9. The summed E-state index contributed by atoms with van der Waals surface area (Å²) in [5.74, 6) is 1.29. The fraction of sp³-hybridized carbons (Fsp3) is 0.296. The summed E-state index contributed by atoms with van der Waals surface area (Å²) in [5.41, 5.74) is 1.97. The molecule has 0 saturated carbocycles. The van der Waals surface area contributed by atoms with Crippen molar-refractivity contribution in [3.05, 3.63) is 77.1 Å². The minimum atomic E-state index is -4.55. The van der Waals surface area contributed by atoms with Gasteiger partial charge in [-0.25, -0.2) is 0 Å². The van der Waals surface area contributed by atoms with Crippen LogP contribution >= 0.6 is 0 Å². The summed E-state index contributed by atoms with van der Waals surface area (Å²) >= 11 is 0. The number of pyridine rings is 1. The molecule has 1 aliphatic heterocycles. The molecule has 37 heavy (non-hydrogen) atoms. The van der Waals surface area contributed by atoms with Gasteiger partial charge in [0.2, 0.25) is 5.91 Å². The summed E-state index contributed by atoms with van der Waals surface area (Å²) < 4.78 is 50.8. The second-order valence-electron chi connectivity index (χ2n) is 8.94. The summed E-state index contributed by atoms with van der Waals surface area (Å²) in [7, 11) is 1.28. The molecule has 1 aliphatic carbocycles. The molecule has 1 amide bonds. The van der Waals surface area contributed by atoms with E-state index in [1.54, 1.807) is 12.3 Å². The lowest BCUT2D eigenvalue weighted by molar-refractivity contribution is -0.137. The predicted octanol–water partition coefficient (Wildman–Crippen LogP) is 4.99. The van der Waals surface area contributed by atoms with Crippen LogP contribution in [0, 0.1) is 5.92 Å². The highest BCUT2D eigenvalue weighted by Crippen LogP contribution is 2.35. The number of rotatable bonds is 6. The number of hydrogen-bond donors (Lipinski definition) is 2. The molecule has 1 atom stereocenters. The average molecular weight is 511 g/mol. The molecule has 2 aliphatic rings. The molecule has 2 heterocycles. The predicted molar refractivity (Wildman–Crippen MR) is 132 cm³/mol. The summed E-state index contributed by atoms with van der Waals surface area (Å²) in [4.78, 5) is 21.7. The maximum Gasteiger partial charge on any atom is 0.416 e. The average Bonchev–Trinajstić information content (AvgIpc) is 3.43. The van der Waals surface area contributed by atoms with E-state index in [9.17, 15) is 18.0 Å². The first-order valence-electron chi connectivity index (χ1n) is 11.9. The number of carbonyl (C=O) groups excluding carboxylic acids is 1. The van der Waals surface area contributed by atoms with Gasteiger partial charge < -0.3 is 20.1 Å². The third kappa shape index (κ3) is 5.68.